The second kappa shape index (κ2) is 5.72. The Morgan fingerprint density at radius 1 is 1.05 bits per heavy atom. The third kappa shape index (κ3) is 2.69. The van der Waals surface area contributed by atoms with Crippen LogP contribution >= 0.6 is 35.0 Å². The first-order valence-electron chi connectivity index (χ1n) is 6.26. The second-order valence-corrected chi connectivity index (χ2v) is 6.49. The third-order valence-corrected chi connectivity index (χ3v) is 5.09. The van der Waals surface area contributed by atoms with E-state index in [-0.39, 0.29) is 0 Å². The smallest absolute Gasteiger partial charge is 0.0595 e. The average molecular weight is 322 g/mol. The topological polar surface area (TPSA) is 4.93 Å². The molecule has 0 fully saturated rings. The van der Waals surface area contributed by atoms with Crippen molar-refractivity contribution in [3.8, 4) is 0 Å². The predicted molar refractivity (Wildman–Crippen MR) is 88.9 cm³/mol. The maximum absolute atomic E-state index is 6.05. The molecule has 1 aromatic heterocycles. The molecule has 0 bridgehead atoms. The monoisotopic (exact) mass is 321 g/mol. The molecule has 0 aliphatic rings. The van der Waals surface area contributed by atoms with Crippen LogP contribution in [-0.2, 0) is 12.8 Å². The Bertz CT molecular complexity index is 764. The summed E-state index contributed by atoms with van der Waals surface area (Å²) in [6.45, 7) is 0. The van der Waals surface area contributed by atoms with Crippen molar-refractivity contribution in [1.82, 2.24) is 4.57 Å². The summed E-state index contributed by atoms with van der Waals surface area (Å²) in [5.74, 6) is 0.880. The van der Waals surface area contributed by atoms with Crippen molar-refractivity contribution in [2.75, 3.05) is 0 Å². The van der Waals surface area contributed by atoms with Gasteiger partial charge in [0, 0.05) is 34.8 Å². The van der Waals surface area contributed by atoms with Crippen LogP contribution in [-0.4, -0.2) is 4.57 Å². The number of para-hydroxylation sites is 1. The summed E-state index contributed by atoms with van der Waals surface area (Å²) in [5.41, 5.74) is 2.43. The number of aryl methyl sites for hydroxylation is 1. The quantitative estimate of drug-likeness (QED) is 0.554. The molecule has 20 heavy (non-hydrogen) atoms. The number of thioether (sulfide) groups is 1. The van der Waals surface area contributed by atoms with Crippen LogP contribution < -0.4 is 0 Å². The van der Waals surface area contributed by atoms with Gasteiger partial charge in [0.25, 0.3) is 0 Å². The molecular weight excluding hydrogens is 309 g/mol. The lowest BCUT2D eigenvalue weighted by Crippen LogP contribution is -1.82. The normalized spacial score (nSPS) is 11.2. The molecule has 1 heterocycles. The molecule has 0 atom stereocenters. The highest BCUT2D eigenvalue weighted by molar-refractivity contribution is 7.98. The van der Waals surface area contributed by atoms with Crippen LogP contribution in [0, 0.1) is 0 Å². The van der Waals surface area contributed by atoms with Crippen molar-refractivity contribution in [1.29, 1.82) is 0 Å². The first-order valence-corrected chi connectivity index (χ1v) is 8.00. The highest BCUT2D eigenvalue weighted by Crippen LogP contribution is 2.32. The molecule has 102 valence electrons. The van der Waals surface area contributed by atoms with Crippen molar-refractivity contribution in [3.63, 3.8) is 0 Å². The second-order valence-electron chi connectivity index (χ2n) is 4.66. The summed E-state index contributed by atoms with van der Waals surface area (Å²) in [6, 6.07) is 14.2. The van der Waals surface area contributed by atoms with Crippen molar-refractivity contribution >= 4 is 45.9 Å². The van der Waals surface area contributed by atoms with Crippen LogP contribution in [0.25, 0.3) is 10.9 Å². The summed E-state index contributed by atoms with van der Waals surface area (Å²) in [6.07, 6.45) is 2.17. The van der Waals surface area contributed by atoms with E-state index in [2.05, 4.69) is 42.1 Å². The highest BCUT2D eigenvalue weighted by atomic mass is 35.5. The molecule has 0 saturated heterocycles. The van der Waals surface area contributed by atoms with E-state index >= 15 is 0 Å². The molecule has 1 nitrogen and oxygen atoms in total. The van der Waals surface area contributed by atoms with Crippen molar-refractivity contribution < 1.29 is 0 Å². The van der Waals surface area contributed by atoms with Gasteiger partial charge < -0.3 is 4.57 Å². The standard InChI is InChI=1S/C16H13Cl2NS/c1-19-9-16(12-4-2-3-5-15(12)19)20-10-11-6-7-13(17)14(18)8-11/h2-9H,10H2,1H3. The minimum absolute atomic E-state index is 0.602. The van der Waals surface area contributed by atoms with Crippen LogP contribution in [0.2, 0.25) is 10.0 Å². The van der Waals surface area contributed by atoms with Gasteiger partial charge in [0.1, 0.15) is 0 Å². The number of rotatable bonds is 3. The van der Waals surface area contributed by atoms with E-state index in [9.17, 15) is 0 Å². The van der Waals surface area contributed by atoms with E-state index in [4.69, 9.17) is 23.2 Å². The largest absolute Gasteiger partial charge is 0.349 e. The molecule has 0 radical (unpaired) electrons. The van der Waals surface area contributed by atoms with Crippen molar-refractivity contribution in [2.45, 2.75) is 10.6 Å². The Labute approximate surface area is 132 Å². The molecule has 0 amide bonds. The Kier molecular flexibility index (Phi) is 3.97. The minimum atomic E-state index is 0.602. The van der Waals surface area contributed by atoms with Gasteiger partial charge in [0.2, 0.25) is 0 Å². The first kappa shape index (κ1) is 13.9. The van der Waals surface area contributed by atoms with Gasteiger partial charge in [-0.2, -0.15) is 0 Å². The molecule has 3 aromatic rings. The molecule has 0 N–H and O–H groups in total. The van der Waals surface area contributed by atoms with E-state index in [1.54, 1.807) is 0 Å². The molecule has 0 saturated carbocycles. The molecule has 0 unspecified atom stereocenters. The fourth-order valence-electron chi connectivity index (χ4n) is 2.21. The van der Waals surface area contributed by atoms with Crippen LogP contribution in [0.1, 0.15) is 5.56 Å². The van der Waals surface area contributed by atoms with Gasteiger partial charge >= 0.3 is 0 Å². The van der Waals surface area contributed by atoms with Gasteiger partial charge in [-0.05, 0) is 23.8 Å². The first-order chi connectivity index (χ1) is 9.65. The van der Waals surface area contributed by atoms with Gasteiger partial charge in [-0.3, -0.25) is 0 Å². The fourth-order valence-corrected chi connectivity index (χ4v) is 3.59. The lowest BCUT2D eigenvalue weighted by molar-refractivity contribution is 0.957. The van der Waals surface area contributed by atoms with Gasteiger partial charge in [-0.25, -0.2) is 0 Å². The third-order valence-electron chi connectivity index (χ3n) is 3.24. The Morgan fingerprint density at radius 3 is 2.65 bits per heavy atom. The zero-order valence-electron chi connectivity index (χ0n) is 10.9. The molecule has 0 spiro atoms. The van der Waals surface area contributed by atoms with Crippen molar-refractivity contribution in [2.24, 2.45) is 7.05 Å². The zero-order valence-corrected chi connectivity index (χ0v) is 13.3. The number of halogens is 2. The van der Waals surface area contributed by atoms with Crippen LogP contribution in [0.4, 0.5) is 0 Å². The summed E-state index contributed by atoms with van der Waals surface area (Å²) < 4.78 is 2.16. The summed E-state index contributed by atoms with van der Waals surface area (Å²) in [7, 11) is 2.07. The molecule has 4 heteroatoms. The summed E-state index contributed by atoms with van der Waals surface area (Å²) in [4.78, 5) is 1.29. The van der Waals surface area contributed by atoms with Crippen LogP contribution in [0.3, 0.4) is 0 Å². The molecule has 3 rings (SSSR count). The number of hydrogen-bond donors (Lipinski definition) is 0. The summed E-state index contributed by atoms with van der Waals surface area (Å²) in [5, 5.41) is 2.51. The van der Waals surface area contributed by atoms with Crippen LogP contribution in [0.15, 0.2) is 53.6 Å². The molecule has 2 aromatic carbocycles. The maximum atomic E-state index is 6.05. The van der Waals surface area contributed by atoms with Gasteiger partial charge in [-0.1, -0.05) is 47.5 Å². The van der Waals surface area contributed by atoms with E-state index in [1.807, 2.05) is 30.0 Å². The lowest BCUT2D eigenvalue weighted by Gasteiger charge is -2.03. The zero-order chi connectivity index (χ0) is 14.1. The van der Waals surface area contributed by atoms with Crippen molar-refractivity contribution in [3.05, 3.63) is 64.3 Å². The number of fused-ring (bicyclic) bond motifs is 1. The molecule has 0 aliphatic heterocycles. The molecule has 0 aliphatic carbocycles. The number of hydrogen-bond acceptors (Lipinski definition) is 1. The number of nitrogens with zero attached hydrogens (tertiary/aromatic N) is 1. The van der Waals surface area contributed by atoms with Gasteiger partial charge in [0.05, 0.1) is 10.0 Å². The Hall–Kier alpha value is -1.09. The maximum Gasteiger partial charge on any atom is 0.0595 e. The minimum Gasteiger partial charge on any atom is -0.349 e. The van der Waals surface area contributed by atoms with Gasteiger partial charge in [-0.15, -0.1) is 11.8 Å². The van der Waals surface area contributed by atoms with Gasteiger partial charge in [0.15, 0.2) is 0 Å². The number of benzene rings is 2. The fraction of sp³-hybridized carbons (Fsp3) is 0.125. The summed E-state index contributed by atoms with van der Waals surface area (Å²) >= 11 is 13.8. The highest BCUT2D eigenvalue weighted by Gasteiger charge is 2.07. The number of aromatic nitrogens is 1. The SMILES string of the molecule is Cn1cc(SCc2ccc(Cl)c(Cl)c2)c2ccccc21. The Morgan fingerprint density at radius 2 is 1.85 bits per heavy atom. The Balaban J connectivity index is 1.85. The van der Waals surface area contributed by atoms with E-state index in [0.29, 0.717) is 10.0 Å². The predicted octanol–water partition coefficient (Wildman–Crippen LogP) is 5.78. The lowest BCUT2D eigenvalue weighted by atomic mass is 10.2. The van der Waals surface area contributed by atoms with E-state index in [1.165, 1.54) is 21.4 Å². The molecular formula is C16H13Cl2NS. The van der Waals surface area contributed by atoms with E-state index < -0.39 is 0 Å². The average Bonchev–Trinajstić information content (AvgIpc) is 2.78. The van der Waals surface area contributed by atoms with Crippen LogP contribution in [0.5, 0.6) is 0 Å². The van der Waals surface area contributed by atoms with E-state index in [0.717, 1.165) is 5.75 Å².